The van der Waals surface area contributed by atoms with Crippen molar-refractivity contribution in [2.75, 3.05) is 5.32 Å². The van der Waals surface area contributed by atoms with Gasteiger partial charge in [-0.3, -0.25) is 0 Å². The van der Waals surface area contributed by atoms with E-state index >= 15 is 0 Å². The Labute approximate surface area is 108 Å². The van der Waals surface area contributed by atoms with Crippen molar-refractivity contribution < 1.29 is 0 Å². The summed E-state index contributed by atoms with van der Waals surface area (Å²) in [5, 5.41) is 3.82. The van der Waals surface area contributed by atoms with Crippen LogP contribution in [0, 0.1) is 18.8 Å². The predicted molar refractivity (Wildman–Crippen MR) is 71.4 cm³/mol. The highest BCUT2D eigenvalue weighted by molar-refractivity contribution is 6.28. The number of halogens is 1. The van der Waals surface area contributed by atoms with Gasteiger partial charge in [0, 0.05) is 17.8 Å². The van der Waals surface area contributed by atoms with E-state index in [9.17, 15) is 0 Å². The van der Waals surface area contributed by atoms with Gasteiger partial charge in [-0.15, -0.1) is 0 Å². The Morgan fingerprint density at radius 2 is 2.06 bits per heavy atom. The fourth-order valence-corrected chi connectivity index (χ4v) is 2.90. The van der Waals surface area contributed by atoms with Crippen LogP contribution in [-0.4, -0.2) is 16.0 Å². The molecule has 0 aliphatic heterocycles. The van der Waals surface area contributed by atoms with Crippen molar-refractivity contribution in [2.45, 2.75) is 46.1 Å². The number of aryl methyl sites for hydroxylation is 1. The Morgan fingerprint density at radius 3 is 2.71 bits per heavy atom. The molecule has 1 aromatic rings. The Kier molecular flexibility index (Phi) is 3.87. The third kappa shape index (κ3) is 3.32. The molecule has 1 fully saturated rings. The second kappa shape index (κ2) is 5.21. The first-order valence-electron chi connectivity index (χ1n) is 6.32. The zero-order chi connectivity index (χ0) is 12.4. The summed E-state index contributed by atoms with van der Waals surface area (Å²) in [5.41, 5.74) is 0.907. The maximum absolute atomic E-state index is 5.87. The van der Waals surface area contributed by atoms with Crippen LogP contribution in [0.1, 0.15) is 38.8 Å². The first-order valence-corrected chi connectivity index (χ1v) is 6.70. The first kappa shape index (κ1) is 12.6. The molecule has 0 aromatic carbocycles. The third-order valence-electron chi connectivity index (χ3n) is 3.59. The van der Waals surface area contributed by atoms with Crippen molar-refractivity contribution in [1.29, 1.82) is 0 Å². The molecule has 1 aliphatic carbocycles. The lowest BCUT2D eigenvalue weighted by molar-refractivity contribution is 0.276. The lowest BCUT2D eigenvalue weighted by Gasteiger charge is -2.33. The van der Waals surface area contributed by atoms with E-state index in [0.717, 1.165) is 17.4 Å². The molecule has 94 valence electrons. The molecular formula is C13H20ClN3. The predicted octanol–water partition coefficient (Wildman–Crippen LogP) is 3.68. The van der Waals surface area contributed by atoms with Crippen molar-refractivity contribution in [2.24, 2.45) is 11.8 Å². The van der Waals surface area contributed by atoms with Crippen molar-refractivity contribution in [3.63, 3.8) is 0 Å². The maximum atomic E-state index is 5.87. The smallest absolute Gasteiger partial charge is 0.224 e. The molecule has 17 heavy (non-hydrogen) atoms. The molecule has 1 aromatic heterocycles. The zero-order valence-electron chi connectivity index (χ0n) is 10.7. The molecule has 0 amide bonds. The van der Waals surface area contributed by atoms with Gasteiger partial charge in [-0.2, -0.15) is 0 Å². The summed E-state index contributed by atoms with van der Waals surface area (Å²) < 4.78 is 0. The van der Waals surface area contributed by atoms with Gasteiger partial charge in [0.25, 0.3) is 0 Å². The Bertz CT molecular complexity index is 374. The van der Waals surface area contributed by atoms with Gasteiger partial charge in [0.2, 0.25) is 5.28 Å². The number of aromatic nitrogens is 2. The Balaban J connectivity index is 2.05. The fourth-order valence-electron chi connectivity index (χ4n) is 2.68. The highest BCUT2D eigenvalue weighted by atomic mass is 35.5. The molecule has 0 bridgehead atoms. The topological polar surface area (TPSA) is 37.8 Å². The van der Waals surface area contributed by atoms with Gasteiger partial charge in [0.15, 0.2) is 0 Å². The molecule has 3 unspecified atom stereocenters. The molecule has 0 saturated heterocycles. The van der Waals surface area contributed by atoms with E-state index in [4.69, 9.17) is 11.6 Å². The van der Waals surface area contributed by atoms with Crippen LogP contribution in [0.5, 0.6) is 0 Å². The number of nitrogens with zero attached hydrogens (tertiary/aromatic N) is 2. The van der Waals surface area contributed by atoms with Crippen molar-refractivity contribution in [3.8, 4) is 0 Å². The molecule has 0 radical (unpaired) electrons. The summed E-state index contributed by atoms with van der Waals surface area (Å²) in [6.45, 7) is 6.58. The second-order valence-corrected chi connectivity index (χ2v) is 5.65. The van der Waals surface area contributed by atoms with Crippen LogP contribution in [0.4, 0.5) is 5.82 Å². The molecule has 2 rings (SSSR count). The molecule has 1 N–H and O–H groups in total. The zero-order valence-corrected chi connectivity index (χ0v) is 11.5. The minimum absolute atomic E-state index is 0.323. The van der Waals surface area contributed by atoms with Gasteiger partial charge in [0.05, 0.1) is 0 Å². The summed E-state index contributed by atoms with van der Waals surface area (Å²) >= 11 is 5.87. The second-order valence-electron chi connectivity index (χ2n) is 5.31. The molecule has 1 aliphatic rings. The van der Waals surface area contributed by atoms with Gasteiger partial charge in [-0.05, 0) is 49.6 Å². The van der Waals surface area contributed by atoms with Crippen LogP contribution >= 0.6 is 11.6 Å². The van der Waals surface area contributed by atoms with Crippen molar-refractivity contribution in [3.05, 3.63) is 17.0 Å². The summed E-state index contributed by atoms with van der Waals surface area (Å²) in [5.74, 6) is 2.39. The lowest BCUT2D eigenvalue weighted by Crippen LogP contribution is -2.33. The van der Waals surface area contributed by atoms with Crippen LogP contribution in [0.3, 0.4) is 0 Å². The van der Waals surface area contributed by atoms with Crippen LogP contribution in [0.2, 0.25) is 5.28 Å². The minimum atomic E-state index is 0.323. The van der Waals surface area contributed by atoms with Crippen molar-refractivity contribution >= 4 is 17.4 Å². The fraction of sp³-hybridized carbons (Fsp3) is 0.692. The molecule has 1 saturated carbocycles. The average Bonchev–Trinajstić information content (AvgIpc) is 2.21. The van der Waals surface area contributed by atoms with E-state index in [-0.39, 0.29) is 0 Å². The van der Waals surface area contributed by atoms with Crippen LogP contribution in [0.25, 0.3) is 0 Å². The Morgan fingerprint density at radius 1 is 1.29 bits per heavy atom. The third-order valence-corrected chi connectivity index (χ3v) is 3.76. The van der Waals surface area contributed by atoms with E-state index in [2.05, 4.69) is 29.1 Å². The number of rotatable bonds is 2. The van der Waals surface area contributed by atoms with E-state index in [0.29, 0.717) is 17.2 Å². The highest BCUT2D eigenvalue weighted by Gasteiger charge is 2.25. The number of hydrogen-bond donors (Lipinski definition) is 1. The molecule has 3 nitrogen and oxygen atoms in total. The van der Waals surface area contributed by atoms with Gasteiger partial charge in [0.1, 0.15) is 5.82 Å². The average molecular weight is 254 g/mol. The lowest BCUT2D eigenvalue weighted by atomic mass is 9.80. The molecule has 1 heterocycles. The normalized spacial score (nSPS) is 29.1. The summed E-state index contributed by atoms with van der Waals surface area (Å²) in [6, 6.07) is 2.47. The SMILES string of the molecule is Cc1cc(NC2CCC(C)CC2C)nc(Cl)n1. The number of nitrogens with one attached hydrogen (secondary N) is 1. The molecule has 3 atom stereocenters. The monoisotopic (exact) mass is 253 g/mol. The first-order chi connectivity index (χ1) is 8.04. The van der Waals surface area contributed by atoms with E-state index in [1.165, 1.54) is 19.3 Å². The van der Waals surface area contributed by atoms with E-state index in [1.807, 2.05) is 13.0 Å². The van der Waals surface area contributed by atoms with Crippen LogP contribution < -0.4 is 5.32 Å². The quantitative estimate of drug-likeness (QED) is 0.818. The van der Waals surface area contributed by atoms with E-state index in [1.54, 1.807) is 0 Å². The van der Waals surface area contributed by atoms with Gasteiger partial charge in [-0.25, -0.2) is 9.97 Å². The number of anilines is 1. The summed E-state index contributed by atoms with van der Waals surface area (Å²) in [7, 11) is 0. The molecule has 0 spiro atoms. The highest BCUT2D eigenvalue weighted by Crippen LogP contribution is 2.30. The minimum Gasteiger partial charge on any atom is -0.367 e. The summed E-state index contributed by atoms with van der Waals surface area (Å²) in [4.78, 5) is 8.30. The molecular weight excluding hydrogens is 234 g/mol. The van der Waals surface area contributed by atoms with Crippen molar-refractivity contribution in [1.82, 2.24) is 9.97 Å². The number of hydrogen-bond acceptors (Lipinski definition) is 3. The van der Waals surface area contributed by atoms with Crippen LogP contribution in [-0.2, 0) is 0 Å². The molecule has 4 heteroatoms. The van der Waals surface area contributed by atoms with Gasteiger partial charge < -0.3 is 5.32 Å². The summed E-state index contributed by atoms with van der Waals surface area (Å²) in [6.07, 6.45) is 3.79. The van der Waals surface area contributed by atoms with Gasteiger partial charge in [-0.1, -0.05) is 13.8 Å². The largest absolute Gasteiger partial charge is 0.367 e. The standard InChI is InChI=1S/C13H20ClN3/c1-8-4-5-11(9(2)6-8)16-12-7-10(3)15-13(14)17-12/h7-9,11H,4-6H2,1-3H3,(H,15,16,17). The maximum Gasteiger partial charge on any atom is 0.224 e. The van der Waals surface area contributed by atoms with E-state index < -0.39 is 0 Å². The van der Waals surface area contributed by atoms with Gasteiger partial charge >= 0.3 is 0 Å². The Hall–Kier alpha value is -0.830. The van der Waals surface area contributed by atoms with Crippen LogP contribution in [0.15, 0.2) is 6.07 Å².